The minimum Gasteiger partial charge on any atom is -0.482 e. The smallest absolute Gasteiger partial charge is 0.262 e. The third-order valence-corrected chi connectivity index (χ3v) is 6.49. The third kappa shape index (κ3) is 4.80. The molecule has 0 atom stereocenters. The number of halogens is 1. The first-order valence-corrected chi connectivity index (χ1v) is 10.5. The Morgan fingerprint density at radius 1 is 1.15 bits per heavy atom. The van der Waals surface area contributed by atoms with Crippen LogP contribution < -0.4 is 10.1 Å². The van der Waals surface area contributed by atoms with Crippen molar-refractivity contribution >= 4 is 33.2 Å². The lowest BCUT2D eigenvalue weighted by Crippen LogP contribution is -2.27. The maximum absolute atomic E-state index is 12.6. The van der Waals surface area contributed by atoms with Gasteiger partial charge in [0.25, 0.3) is 5.91 Å². The minimum atomic E-state index is -3.54. The van der Waals surface area contributed by atoms with Crippen LogP contribution in [0.5, 0.6) is 5.75 Å². The fourth-order valence-corrected chi connectivity index (χ4v) is 4.66. The van der Waals surface area contributed by atoms with Crippen LogP contribution in [0, 0.1) is 6.92 Å². The molecule has 2 aromatic carbocycles. The number of aryl methyl sites for hydroxylation is 1. The van der Waals surface area contributed by atoms with E-state index >= 15 is 0 Å². The van der Waals surface area contributed by atoms with Crippen molar-refractivity contribution in [3.63, 3.8) is 0 Å². The molecule has 0 radical (unpaired) electrons. The van der Waals surface area contributed by atoms with Crippen LogP contribution in [0.4, 0.5) is 5.69 Å². The number of benzene rings is 2. The van der Waals surface area contributed by atoms with Gasteiger partial charge < -0.3 is 10.1 Å². The number of nitrogens with zero attached hydrogens (tertiary/aromatic N) is 1. The Labute approximate surface area is 164 Å². The highest BCUT2D eigenvalue weighted by molar-refractivity contribution is 7.89. The Morgan fingerprint density at radius 2 is 1.81 bits per heavy atom. The summed E-state index contributed by atoms with van der Waals surface area (Å²) in [6.07, 6.45) is 1.73. The lowest BCUT2D eigenvalue weighted by atomic mass is 10.2. The number of sulfonamides is 1. The van der Waals surface area contributed by atoms with Gasteiger partial charge in [-0.25, -0.2) is 8.42 Å². The normalized spacial score (nSPS) is 14.9. The molecule has 1 fully saturated rings. The zero-order chi connectivity index (χ0) is 19.4. The van der Waals surface area contributed by atoms with Gasteiger partial charge >= 0.3 is 0 Å². The Morgan fingerprint density at radius 3 is 2.44 bits per heavy atom. The Hall–Kier alpha value is -2.09. The van der Waals surface area contributed by atoms with Gasteiger partial charge in [-0.05, 0) is 50.1 Å². The number of carbonyl (C=O) groups excluding carboxylic acids is 1. The highest BCUT2D eigenvalue weighted by Crippen LogP contribution is 2.29. The van der Waals surface area contributed by atoms with Gasteiger partial charge in [0, 0.05) is 18.8 Å². The average molecular weight is 409 g/mol. The average Bonchev–Trinajstić information content (AvgIpc) is 3.18. The van der Waals surface area contributed by atoms with Crippen LogP contribution >= 0.6 is 11.6 Å². The molecule has 1 aliphatic heterocycles. The molecule has 144 valence electrons. The molecule has 3 rings (SSSR count). The molecule has 1 heterocycles. The van der Waals surface area contributed by atoms with Crippen LogP contribution in [-0.4, -0.2) is 38.3 Å². The molecular weight excluding hydrogens is 388 g/mol. The Bertz CT molecular complexity index is 923. The van der Waals surface area contributed by atoms with Gasteiger partial charge in [-0.15, -0.1) is 0 Å². The number of rotatable bonds is 6. The zero-order valence-electron chi connectivity index (χ0n) is 14.9. The van der Waals surface area contributed by atoms with Crippen LogP contribution in [0.2, 0.25) is 5.02 Å². The molecule has 0 unspecified atom stereocenters. The summed E-state index contributed by atoms with van der Waals surface area (Å²) in [7, 11) is -3.54. The van der Waals surface area contributed by atoms with Crippen LogP contribution in [0.15, 0.2) is 47.4 Å². The lowest BCUT2D eigenvalue weighted by molar-refractivity contribution is -0.118. The van der Waals surface area contributed by atoms with Crippen molar-refractivity contribution in [3.05, 3.63) is 53.1 Å². The topological polar surface area (TPSA) is 75.7 Å². The summed E-state index contributed by atoms with van der Waals surface area (Å²) < 4.78 is 32.0. The molecule has 0 aliphatic carbocycles. The quantitative estimate of drug-likeness (QED) is 0.794. The molecular formula is C19H21ClN2O4S. The first-order chi connectivity index (χ1) is 12.9. The summed E-state index contributed by atoms with van der Waals surface area (Å²) in [5.41, 5.74) is 1.77. The highest BCUT2D eigenvalue weighted by atomic mass is 35.5. The molecule has 0 spiro atoms. The summed E-state index contributed by atoms with van der Waals surface area (Å²) in [6.45, 7) is 2.78. The summed E-state index contributed by atoms with van der Waals surface area (Å²) in [4.78, 5) is 12.1. The van der Waals surface area contributed by atoms with E-state index < -0.39 is 10.0 Å². The molecule has 0 bridgehead atoms. The number of hydrogen-bond acceptors (Lipinski definition) is 4. The maximum atomic E-state index is 12.6. The van der Waals surface area contributed by atoms with Crippen molar-refractivity contribution in [1.82, 2.24) is 4.31 Å². The van der Waals surface area contributed by atoms with Crippen molar-refractivity contribution in [2.45, 2.75) is 24.7 Å². The van der Waals surface area contributed by atoms with Gasteiger partial charge in [0.1, 0.15) is 5.75 Å². The van der Waals surface area contributed by atoms with Crippen molar-refractivity contribution in [2.75, 3.05) is 25.0 Å². The molecule has 27 heavy (non-hydrogen) atoms. The molecule has 0 aromatic heterocycles. The Kier molecular flexibility index (Phi) is 6.04. The number of anilines is 1. The molecule has 8 heteroatoms. The van der Waals surface area contributed by atoms with E-state index in [0.29, 0.717) is 18.8 Å². The number of ether oxygens (including phenoxy) is 1. The first kappa shape index (κ1) is 19.7. The summed E-state index contributed by atoms with van der Waals surface area (Å²) in [5, 5.41) is 2.87. The van der Waals surface area contributed by atoms with Gasteiger partial charge in [-0.1, -0.05) is 29.3 Å². The fourth-order valence-electron chi connectivity index (χ4n) is 2.81. The lowest BCUT2D eigenvalue weighted by Gasteiger charge is -2.16. The van der Waals surface area contributed by atoms with Crippen LogP contribution in [0.3, 0.4) is 0 Å². The van der Waals surface area contributed by atoms with Gasteiger partial charge in [-0.2, -0.15) is 4.31 Å². The highest BCUT2D eigenvalue weighted by Gasteiger charge is 2.27. The van der Waals surface area contributed by atoms with E-state index in [1.807, 2.05) is 19.1 Å². The van der Waals surface area contributed by atoms with E-state index in [-0.39, 0.29) is 28.2 Å². The number of carbonyl (C=O) groups is 1. The molecule has 1 aliphatic rings. The standard InChI is InChI=1S/C19H21ClN2O4S/c1-14-4-6-15(7-5-14)21-19(23)13-26-18-9-8-16(12-17(18)20)27(24,25)22-10-2-3-11-22/h4-9,12H,2-3,10-11,13H2,1H3,(H,21,23). The van der Waals surface area contributed by atoms with E-state index in [0.717, 1.165) is 18.4 Å². The summed E-state index contributed by atoms with van der Waals surface area (Å²) in [5.74, 6) is -0.0696. The summed E-state index contributed by atoms with van der Waals surface area (Å²) >= 11 is 6.16. The second-order valence-electron chi connectivity index (χ2n) is 6.41. The van der Waals surface area contributed by atoms with Gasteiger partial charge in [0.05, 0.1) is 9.92 Å². The van der Waals surface area contributed by atoms with Crippen LogP contribution in [0.1, 0.15) is 18.4 Å². The van der Waals surface area contributed by atoms with E-state index in [1.54, 1.807) is 12.1 Å². The SMILES string of the molecule is Cc1ccc(NC(=O)COc2ccc(S(=O)(=O)N3CCCC3)cc2Cl)cc1. The molecule has 2 aromatic rings. The van der Waals surface area contributed by atoms with Crippen LogP contribution in [0.25, 0.3) is 0 Å². The van der Waals surface area contributed by atoms with Crippen molar-refractivity contribution < 1.29 is 17.9 Å². The third-order valence-electron chi connectivity index (χ3n) is 4.30. The monoisotopic (exact) mass is 408 g/mol. The molecule has 1 saturated heterocycles. The molecule has 0 saturated carbocycles. The number of amides is 1. The minimum absolute atomic E-state index is 0.130. The fraction of sp³-hybridized carbons (Fsp3) is 0.316. The number of nitrogens with one attached hydrogen (secondary N) is 1. The van der Waals surface area contributed by atoms with Gasteiger partial charge in [0.15, 0.2) is 6.61 Å². The summed E-state index contributed by atoms with van der Waals surface area (Å²) in [6, 6.07) is 11.7. The largest absolute Gasteiger partial charge is 0.482 e. The van der Waals surface area contributed by atoms with Gasteiger partial charge in [-0.3, -0.25) is 4.79 Å². The van der Waals surface area contributed by atoms with E-state index in [1.165, 1.54) is 22.5 Å². The second-order valence-corrected chi connectivity index (χ2v) is 8.75. The van der Waals surface area contributed by atoms with Crippen molar-refractivity contribution in [2.24, 2.45) is 0 Å². The molecule has 1 N–H and O–H groups in total. The Balaban J connectivity index is 1.62. The predicted molar refractivity (Wildman–Crippen MR) is 105 cm³/mol. The maximum Gasteiger partial charge on any atom is 0.262 e. The molecule has 1 amide bonds. The zero-order valence-corrected chi connectivity index (χ0v) is 16.5. The van der Waals surface area contributed by atoms with Crippen molar-refractivity contribution in [3.8, 4) is 5.75 Å². The van der Waals surface area contributed by atoms with Gasteiger partial charge in [0.2, 0.25) is 10.0 Å². The number of hydrogen-bond donors (Lipinski definition) is 1. The molecule has 6 nitrogen and oxygen atoms in total. The van der Waals surface area contributed by atoms with Crippen molar-refractivity contribution in [1.29, 1.82) is 0 Å². The second kappa shape index (κ2) is 8.29. The van der Waals surface area contributed by atoms with Crippen LogP contribution in [-0.2, 0) is 14.8 Å². The predicted octanol–water partition coefficient (Wildman–Crippen LogP) is 3.45. The van der Waals surface area contributed by atoms with E-state index in [4.69, 9.17) is 16.3 Å². The first-order valence-electron chi connectivity index (χ1n) is 8.65. The van der Waals surface area contributed by atoms with E-state index in [2.05, 4.69) is 5.32 Å². The van der Waals surface area contributed by atoms with E-state index in [9.17, 15) is 13.2 Å².